The number of carbonyl (C=O) groups excluding carboxylic acids is 2. The average molecular weight is 468 g/mol. The van der Waals surface area contributed by atoms with Crippen molar-refractivity contribution in [2.24, 2.45) is 0 Å². The number of halogens is 2. The fourth-order valence-corrected chi connectivity index (χ4v) is 3.69. The highest BCUT2D eigenvalue weighted by molar-refractivity contribution is 6.37. The third-order valence-electron chi connectivity index (χ3n) is 4.79. The number of aromatic hydroxyl groups is 1. The van der Waals surface area contributed by atoms with Gasteiger partial charge in [0.2, 0.25) is 0 Å². The molecule has 1 amide bonds. The summed E-state index contributed by atoms with van der Waals surface area (Å²) in [7, 11) is 0. The Morgan fingerprint density at radius 1 is 1.23 bits per heavy atom. The zero-order valence-electron chi connectivity index (χ0n) is 16.1. The van der Waals surface area contributed by atoms with Crippen molar-refractivity contribution in [3.63, 3.8) is 0 Å². The summed E-state index contributed by atoms with van der Waals surface area (Å²) >= 11 is 11.9. The second kappa shape index (κ2) is 9.95. The van der Waals surface area contributed by atoms with Crippen molar-refractivity contribution in [1.82, 2.24) is 10.6 Å². The van der Waals surface area contributed by atoms with Crippen molar-refractivity contribution in [2.75, 3.05) is 13.1 Å². The molecule has 2 aromatic rings. The molecule has 3 N–H and O–H groups in total. The minimum Gasteiger partial charge on any atom is -0.508 e. The number of nitrogens with zero attached hydrogens (tertiary/aromatic N) is 1. The van der Waals surface area contributed by atoms with Crippen LogP contribution < -0.4 is 10.6 Å². The molecule has 0 radical (unpaired) electrons. The molecule has 0 aromatic heterocycles. The Balaban J connectivity index is 1.79. The van der Waals surface area contributed by atoms with Gasteiger partial charge in [0.1, 0.15) is 16.9 Å². The van der Waals surface area contributed by atoms with Crippen LogP contribution in [0.4, 0.5) is 5.69 Å². The van der Waals surface area contributed by atoms with Gasteiger partial charge in [0.15, 0.2) is 0 Å². The monoisotopic (exact) mass is 467 g/mol. The number of hydrogen-bond acceptors (Lipinski definition) is 7. The van der Waals surface area contributed by atoms with E-state index in [1.54, 1.807) is 0 Å². The number of nitro groups is 1. The van der Waals surface area contributed by atoms with Gasteiger partial charge in [-0.15, -0.1) is 0 Å². The second-order valence-corrected chi connectivity index (χ2v) is 7.77. The third kappa shape index (κ3) is 5.63. The lowest BCUT2D eigenvalue weighted by Crippen LogP contribution is -2.49. The maximum absolute atomic E-state index is 12.8. The minimum absolute atomic E-state index is 0.0252. The van der Waals surface area contributed by atoms with Crippen LogP contribution in [0.2, 0.25) is 10.0 Å². The molecule has 0 aliphatic carbocycles. The lowest BCUT2D eigenvalue weighted by atomic mass is 10.1. The zero-order valence-corrected chi connectivity index (χ0v) is 17.7. The molecule has 2 aromatic carbocycles. The van der Waals surface area contributed by atoms with Gasteiger partial charge in [0.05, 0.1) is 16.5 Å². The van der Waals surface area contributed by atoms with Crippen molar-refractivity contribution in [1.29, 1.82) is 0 Å². The van der Waals surface area contributed by atoms with Crippen molar-refractivity contribution in [3.05, 3.63) is 67.7 Å². The summed E-state index contributed by atoms with van der Waals surface area (Å²) < 4.78 is 5.60. The predicted molar refractivity (Wildman–Crippen MR) is 114 cm³/mol. The van der Waals surface area contributed by atoms with Crippen LogP contribution in [0.15, 0.2) is 36.4 Å². The first-order chi connectivity index (χ1) is 14.8. The maximum Gasteiger partial charge on any atom is 0.340 e. The van der Waals surface area contributed by atoms with E-state index in [-0.39, 0.29) is 21.4 Å². The number of esters is 1. The fraction of sp³-hybridized carbons (Fsp3) is 0.300. The first-order valence-corrected chi connectivity index (χ1v) is 10.2. The Morgan fingerprint density at radius 3 is 2.61 bits per heavy atom. The molecule has 1 fully saturated rings. The largest absolute Gasteiger partial charge is 0.508 e. The lowest BCUT2D eigenvalue weighted by Gasteiger charge is -2.26. The molecule has 9 nitrogen and oxygen atoms in total. The van der Waals surface area contributed by atoms with E-state index in [0.29, 0.717) is 31.5 Å². The number of amides is 1. The van der Waals surface area contributed by atoms with Crippen LogP contribution >= 0.6 is 23.2 Å². The molecule has 164 valence electrons. The average Bonchev–Trinajstić information content (AvgIpc) is 2.94. The molecule has 31 heavy (non-hydrogen) atoms. The standard InChI is InChI=1S/C20H19Cl2N3O6/c21-12-8-14(18(22)16(9-12)25(29)30)20(28)31-17-2-1-7-23-10-15(17)24-19(27)11-3-5-13(26)6-4-11/h3-6,8-9,15,17,23,26H,1-2,7,10H2,(H,24,27)/t15-,17-/m1/s1. The number of nitro benzene ring substituents is 1. The van der Waals surface area contributed by atoms with Crippen LogP contribution in [0.1, 0.15) is 33.6 Å². The molecule has 0 saturated carbocycles. The molecule has 3 rings (SSSR count). The van der Waals surface area contributed by atoms with Crippen LogP contribution in [-0.2, 0) is 4.74 Å². The summed E-state index contributed by atoms with van der Waals surface area (Å²) in [6, 6.07) is 7.44. The van der Waals surface area contributed by atoms with Gasteiger partial charge in [0, 0.05) is 23.2 Å². The van der Waals surface area contributed by atoms with E-state index >= 15 is 0 Å². The lowest BCUT2D eigenvalue weighted by molar-refractivity contribution is -0.384. The van der Waals surface area contributed by atoms with Gasteiger partial charge >= 0.3 is 5.97 Å². The quantitative estimate of drug-likeness (QED) is 0.349. The highest BCUT2D eigenvalue weighted by atomic mass is 35.5. The summed E-state index contributed by atoms with van der Waals surface area (Å²) in [5.74, 6) is -1.23. The van der Waals surface area contributed by atoms with Crippen molar-refractivity contribution < 1.29 is 24.4 Å². The van der Waals surface area contributed by atoms with Gasteiger partial charge < -0.3 is 20.5 Å². The van der Waals surface area contributed by atoms with Crippen LogP contribution in [0, 0.1) is 10.1 Å². The molecule has 11 heteroatoms. The first-order valence-electron chi connectivity index (χ1n) is 9.41. The van der Waals surface area contributed by atoms with E-state index in [0.717, 1.165) is 6.07 Å². The van der Waals surface area contributed by atoms with E-state index in [2.05, 4.69) is 10.6 Å². The molecule has 0 spiro atoms. The summed E-state index contributed by atoms with van der Waals surface area (Å²) in [5, 5.41) is 26.1. The number of benzene rings is 2. The van der Waals surface area contributed by atoms with Crippen LogP contribution in [0.5, 0.6) is 5.75 Å². The van der Waals surface area contributed by atoms with Crippen LogP contribution in [0.25, 0.3) is 0 Å². The second-order valence-electron chi connectivity index (χ2n) is 6.96. The highest BCUT2D eigenvalue weighted by Crippen LogP contribution is 2.32. The maximum atomic E-state index is 12.8. The summed E-state index contributed by atoms with van der Waals surface area (Å²) in [6.45, 7) is 1.02. The number of phenols is 1. The number of rotatable bonds is 5. The van der Waals surface area contributed by atoms with Gasteiger partial charge in [-0.3, -0.25) is 14.9 Å². The van der Waals surface area contributed by atoms with Crippen molar-refractivity contribution in [3.8, 4) is 5.75 Å². The number of phenolic OH excluding ortho intramolecular Hbond substituents is 1. The Bertz CT molecular complexity index is 999. The number of hydrogen-bond donors (Lipinski definition) is 3. The van der Waals surface area contributed by atoms with Crippen LogP contribution in [0.3, 0.4) is 0 Å². The van der Waals surface area contributed by atoms with Gasteiger partial charge in [0.25, 0.3) is 11.6 Å². The van der Waals surface area contributed by atoms with Gasteiger partial charge in [-0.2, -0.15) is 0 Å². The Morgan fingerprint density at radius 2 is 1.94 bits per heavy atom. The Kier molecular flexibility index (Phi) is 7.32. The van der Waals surface area contributed by atoms with E-state index in [4.69, 9.17) is 27.9 Å². The van der Waals surface area contributed by atoms with Crippen molar-refractivity contribution in [2.45, 2.75) is 25.0 Å². The third-order valence-corrected chi connectivity index (χ3v) is 5.41. The number of ether oxygens (including phenoxy) is 1. The van der Waals surface area contributed by atoms with E-state index in [1.807, 2.05) is 0 Å². The molecule has 2 atom stereocenters. The first kappa shape index (κ1) is 22.8. The summed E-state index contributed by atoms with van der Waals surface area (Å²) in [4.78, 5) is 35.8. The molecule has 0 bridgehead atoms. The smallest absolute Gasteiger partial charge is 0.340 e. The van der Waals surface area contributed by atoms with E-state index in [9.17, 15) is 24.8 Å². The predicted octanol–water partition coefficient (Wildman–Crippen LogP) is 3.31. The van der Waals surface area contributed by atoms with Gasteiger partial charge in [-0.25, -0.2) is 4.79 Å². The fourth-order valence-electron chi connectivity index (χ4n) is 3.23. The van der Waals surface area contributed by atoms with Crippen molar-refractivity contribution >= 4 is 40.8 Å². The SMILES string of the molecule is O=C(N[C@@H]1CNCCC[C@H]1OC(=O)c1cc(Cl)cc([N+](=O)[O-])c1Cl)c1ccc(O)cc1. The van der Waals surface area contributed by atoms with Gasteiger partial charge in [-0.05, 0) is 49.7 Å². The summed E-state index contributed by atoms with van der Waals surface area (Å²) in [5.41, 5.74) is -0.386. The molecule has 1 aliphatic rings. The Labute approximate surface area is 187 Å². The summed E-state index contributed by atoms with van der Waals surface area (Å²) in [6.07, 6.45) is 0.449. The van der Waals surface area contributed by atoms with Gasteiger partial charge in [-0.1, -0.05) is 23.2 Å². The number of carbonyl (C=O) groups is 2. The highest BCUT2D eigenvalue weighted by Gasteiger charge is 2.31. The van der Waals surface area contributed by atoms with E-state index < -0.39 is 34.6 Å². The minimum atomic E-state index is -0.869. The molecule has 1 saturated heterocycles. The molecule has 0 unspecified atom stereocenters. The zero-order chi connectivity index (χ0) is 22.5. The molecule has 1 aliphatic heterocycles. The molecular formula is C20H19Cl2N3O6. The molecular weight excluding hydrogens is 449 g/mol. The Hall–Kier alpha value is -2.88. The van der Waals surface area contributed by atoms with E-state index in [1.165, 1.54) is 30.3 Å². The normalized spacial score (nSPS) is 18.6. The molecule has 1 heterocycles. The topological polar surface area (TPSA) is 131 Å². The van der Waals surface area contributed by atoms with Crippen LogP contribution in [-0.4, -0.2) is 47.1 Å². The number of nitrogens with one attached hydrogen (secondary N) is 2.